The van der Waals surface area contributed by atoms with Crippen LogP contribution in [0.2, 0.25) is 0 Å². The minimum absolute atomic E-state index is 0.549. The van der Waals surface area contributed by atoms with E-state index in [9.17, 15) is 0 Å². The van der Waals surface area contributed by atoms with Crippen molar-refractivity contribution in [1.82, 2.24) is 10.3 Å². The summed E-state index contributed by atoms with van der Waals surface area (Å²) in [4.78, 5) is 4.63. The molecule has 1 N–H and O–H groups in total. The van der Waals surface area contributed by atoms with Crippen molar-refractivity contribution in [3.8, 4) is 0 Å². The lowest BCUT2D eigenvalue weighted by molar-refractivity contribution is 0.518. The van der Waals surface area contributed by atoms with E-state index in [1.54, 1.807) is 11.3 Å². The van der Waals surface area contributed by atoms with Crippen LogP contribution in [0.5, 0.6) is 0 Å². The van der Waals surface area contributed by atoms with E-state index in [1.807, 2.05) is 0 Å². The van der Waals surface area contributed by atoms with E-state index in [0.717, 1.165) is 6.54 Å². The summed E-state index contributed by atoms with van der Waals surface area (Å²) in [6, 6.07) is 0.554. The van der Waals surface area contributed by atoms with Gasteiger partial charge in [-0.05, 0) is 19.3 Å². The molecule has 1 unspecified atom stereocenters. The van der Waals surface area contributed by atoms with E-state index >= 15 is 0 Å². The van der Waals surface area contributed by atoms with Gasteiger partial charge < -0.3 is 5.32 Å². The van der Waals surface area contributed by atoms with Crippen LogP contribution in [0.1, 0.15) is 49.7 Å². The van der Waals surface area contributed by atoms with Crippen LogP contribution in [0.4, 0.5) is 0 Å². The van der Waals surface area contributed by atoms with Crippen LogP contribution in [0.15, 0.2) is 17.5 Å². The Hall–Kier alpha value is -0.670. The van der Waals surface area contributed by atoms with E-state index < -0.39 is 0 Å². The molecule has 1 aliphatic carbocycles. The molecule has 0 bridgehead atoms. The van der Waals surface area contributed by atoms with Gasteiger partial charge >= 0.3 is 0 Å². The zero-order valence-corrected chi connectivity index (χ0v) is 10.9. The second-order valence-corrected chi connectivity index (χ2v) is 5.57. The fraction of sp³-hybridized carbons (Fsp3) is 0.615. The lowest BCUT2D eigenvalue weighted by Gasteiger charge is -2.17. The summed E-state index contributed by atoms with van der Waals surface area (Å²) in [6.45, 7) is 5.29. The van der Waals surface area contributed by atoms with Crippen LogP contribution >= 0.6 is 11.3 Å². The highest BCUT2D eigenvalue weighted by Crippen LogP contribution is 2.19. The van der Waals surface area contributed by atoms with Crippen LogP contribution in [-0.2, 0) is 6.54 Å². The summed E-state index contributed by atoms with van der Waals surface area (Å²) in [5.74, 6) is 0.549. The first-order valence-corrected chi connectivity index (χ1v) is 6.98. The molecule has 0 saturated carbocycles. The number of hydrogen-bond donors (Lipinski definition) is 1. The first kappa shape index (κ1) is 11.8. The molecule has 16 heavy (non-hydrogen) atoms. The molecule has 88 valence electrons. The standard InChI is InChI=1S/C13H20N2S/c1-10(2)13-15-12(9-16-13)8-14-11-6-4-3-5-7-11/h4,6,9-11,14H,3,5,7-8H2,1-2H3. The number of allylic oxidation sites excluding steroid dienone is 1. The summed E-state index contributed by atoms with van der Waals surface area (Å²) in [7, 11) is 0. The molecule has 3 heteroatoms. The number of nitrogens with zero attached hydrogens (tertiary/aromatic N) is 1. The fourth-order valence-corrected chi connectivity index (χ4v) is 2.72. The minimum atomic E-state index is 0.549. The Morgan fingerprint density at radius 3 is 3.06 bits per heavy atom. The zero-order valence-electron chi connectivity index (χ0n) is 10.1. The van der Waals surface area contributed by atoms with E-state index in [2.05, 4.69) is 41.7 Å². The largest absolute Gasteiger partial charge is 0.305 e. The lowest BCUT2D eigenvalue weighted by atomic mass is 10.0. The number of aromatic nitrogens is 1. The highest BCUT2D eigenvalue weighted by Gasteiger charge is 2.09. The molecule has 0 saturated heterocycles. The van der Waals surface area contributed by atoms with Crippen molar-refractivity contribution in [3.05, 3.63) is 28.2 Å². The Labute approximate surface area is 102 Å². The SMILES string of the molecule is CC(C)c1nc(CNC2C=CCCC2)cs1. The average molecular weight is 236 g/mol. The number of nitrogens with one attached hydrogen (secondary N) is 1. The zero-order chi connectivity index (χ0) is 11.4. The molecule has 0 spiro atoms. The van der Waals surface area contributed by atoms with Gasteiger partial charge in [0.25, 0.3) is 0 Å². The lowest BCUT2D eigenvalue weighted by Crippen LogP contribution is -2.27. The van der Waals surface area contributed by atoms with Crippen molar-refractivity contribution in [3.63, 3.8) is 0 Å². The highest BCUT2D eigenvalue weighted by molar-refractivity contribution is 7.09. The molecule has 1 aliphatic rings. The summed E-state index contributed by atoms with van der Waals surface area (Å²) < 4.78 is 0. The minimum Gasteiger partial charge on any atom is -0.305 e. The van der Waals surface area contributed by atoms with Crippen LogP contribution in [0.25, 0.3) is 0 Å². The monoisotopic (exact) mass is 236 g/mol. The molecule has 0 amide bonds. The van der Waals surface area contributed by atoms with Gasteiger partial charge in [0.1, 0.15) is 0 Å². The second-order valence-electron chi connectivity index (χ2n) is 4.68. The van der Waals surface area contributed by atoms with Crippen LogP contribution in [0.3, 0.4) is 0 Å². The Morgan fingerprint density at radius 1 is 1.56 bits per heavy atom. The van der Waals surface area contributed by atoms with E-state index in [-0.39, 0.29) is 0 Å². The topological polar surface area (TPSA) is 24.9 Å². The maximum absolute atomic E-state index is 4.63. The van der Waals surface area contributed by atoms with Gasteiger partial charge in [-0.15, -0.1) is 11.3 Å². The number of rotatable bonds is 4. The van der Waals surface area contributed by atoms with Crippen molar-refractivity contribution < 1.29 is 0 Å². The number of thiazole rings is 1. The summed E-state index contributed by atoms with van der Waals surface area (Å²) in [5, 5.41) is 6.97. The average Bonchev–Trinajstić information content (AvgIpc) is 2.76. The normalized spacial score (nSPS) is 20.6. The van der Waals surface area contributed by atoms with E-state index in [4.69, 9.17) is 0 Å². The molecule has 2 nitrogen and oxygen atoms in total. The second kappa shape index (κ2) is 5.60. The van der Waals surface area contributed by atoms with Crippen LogP contribution in [-0.4, -0.2) is 11.0 Å². The maximum atomic E-state index is 4.63. The summed E-state index contributed by atoms with van der Waals surface area (Å²) >= 11 is 1.78. The molecule has 0 radical (unpaired) electrons. The van der Waals surface area contributed by atoms with Gasteiger partial charge in [0.2, 0.25) is 0 Å². The number of hydrogen-bond acceptors (Lipinski definition) is 3. The third kappa shape index (κ3) is 3.16. The van der Waals surface area contributed by atoms with Crippen LogP contribution < -0.4 is 5.32 Å². The predicted molar refractivity (Wildman–Crippen MR) is 69.8 cm³/mol. The van der Waals surface area contributed by atoms with Gasteiger partial charge in [-0.2, -0.15) is 0 Å². The van der Waals surface area contributed by atoms with Crippen molar-refractivity contribution in [2.45, 2.75) is 51.6 Å². The van der Waals surface area contributed by atoms with Gasteiger partial charge in [0, 0.05) is 23.9 Å². The third-order valence-electron chi connectivity index (χ3n) is 2.86. The van der Waals surface area contributed by atoms with Gasteiger partial charge in [-0.1, -0.05) is 26.0 Å². The Bertz CT molecular complexity index is 355. The molecule has 0 aromatic carbocycles. The maximum Gasteiger partial charge on any atom is 0.0954 e. The molecule has 0 fully saturated rings. The molecular formula is C13H20N2S. The van der Waals surface area contributed by atoms with E-state index in [1.165, 1.54) is 30.0 Å². The van der Waals surface area contributed by atoms with Gasteiger partial charge in [-0.3, -0.25) is 0 Å². The first-order valence-electron chi connectivity index (χ1n) is 6.10. The van der Waals surface area contributed by atoms with Crippen molar-refractivity contribution >= 4 is 11.3 Å². The van der Waals surface area contributed by atoms with Gasteiger partial charge in [0.15, 0.2) is 0 Å². The smallest absolute Gasteiger partial charge is 0.0954 e. The van der Waals surface area contributed by atoms with E-state index in [0.29, 0.717) is 12.0 Å². The van der Waals surface area contributed by atoms with Gasteiger partial charge in [0.05, 0.1) is 10.7 Å². The molecule has 1 atom stereocenters. The summed E-state index contributed by atoms with van der Waals surface area (Å²) in [5.41, 5.74) is 1.19. The van der Waals surface area contributed by atoms with Crippen molar-refractivity contribution in [2.75, 3.05) is 0 Å². The Balaban J connectivity index is 1.84. The van der Waals surface area contributed by atoms with Gasteiger partial charge in [-0.25, -0.2) is 4.98 Å². The first-order chi connectivity index (χ1) is 7.75. The molecule has 1 aromatic heterocycles. The van der Waals surface area contributed by atoms with Crippen molar-refractivity contribution in [1.29, 1.82) is 0 Å². The Morgan fingerprint density at radius 2 is 2.44 bits per heavy atom. The predicted octanol–water partition coefficient (Wildman–Crippen LogP) is 3.46. The van der Waals surface area contributed by atoms with Crippen LogP contribution in [0, 0.1) is 0 Å². The molecule has 1 heterocycles. The van der Waals surface area contributed by atoms with Crippen molar-refractivity contribution in [2.24, 2.45) is 0 Å². The highest BCUT2D eigenvalue weighted by atomic mass is 32.1. The molecule has 2 rings (SSSR count). The third-order valence-corrected chi connectivity index (χ3v) is 4.06. The molecule has 0 aliphatic heterocycles. The molecular weight excluding hydrogens is 216 g/mol. The Kier molecular flexibility index (Phi) is 4.13. The summed E-state index contributed by atoms with van der Waals surface area (Å²) in [6.07, 6.45) is 8.38. The quantitative estimate of drug-likeness (QED) is 0.810. The molecule has 1 aromatic rings. The fourth-order valence-electron chi connectivity index (χ4n) is 1.89.